The topological polar surface area (TPSA) is 38.3 Å². The molecule has 0 unspecified atom stereocenters. The van der Waals surface area contributed by atoms with Gasteiger partial charge in [-0.1, -0.05) is 30.3 Å². The third-order valence-corrected chi connectivity index (χ3v) is 3.37. The first kappa shape index (κ1) is 16.2. The van der Waals surface area contributed by atoms with Gasteiger partial charge in [0.2, 0.25) is 5.91 Å². The van der Waals surface area contributed by atoms with Crippen molar-refractivity contribution in [3.8, 4) is 5.75 Å². The van der Waals surface area contributed by atoms with Crippen LogP contribution < -0.4 is 10.1 Å². The standard InChI is InChI=1S/C16H12BrF2NO2/c17-12-6-2-3-7-13(12)20-15(21)10-9-11-5-1-4-8-14(11)22-16(18)19/h1-10,16H,(H,20,21)/b10-9+. The average molecular weight is 368 g/mol. The Morgan fingerprint density at radius 1 is 1.14 bits per heavy atom. The lowest BCUT2D eigenvalue weighted by Gasteiger charge is -2.07. The molecule has 3 nitrogen and oxygen atoms in total. The van der Waals surface area contributed by atoms with Crippen LogP contribution in [-0.2, 0) is 4.79 Å². The fraction of sp³-hybridized carbons (Fsp3) is 0.0625. The van der Waals surface area contributed by atoms with E-state index in [-0.39, 0.29) is 11.7 Å². The monoisotopic (exact) mass is 367 g/mol. The Balaban J connectivity index is 2.09. The molecule has 114 valence electrons. The average Bonchev–Trinajstić information content (AvgIpc) is 2.48. The van der Waals surface area contributed by atoms with Gasteiger partial charge in [0.1, 0.15) is 5.75 Å². The highest BCUT2D eigenvalue weighted by atomic mass is 79.9. The minimum Gasteiger partial charge on any atom is -0.434 e. The summed E-state index contributed by atoms with van der Waals surface area (Å²) in [6.45, 7) is -2.91. The number of ether oxygens (including phenoxy) is 1. The van der Waals surface area contributed by atoms with Crippen LogP contribution >= 0.6 is 15.9 Å². The van der Waals surface area contributed by atoms with E-state index in [9.17, 15) is 13.6 Å². The Kier molecular flexibility index (Phi) is 5.66. The lowest BCUT2D eigenvalue weighted by atomic mass is 10.2. The van der Waals surface area contributed by atoms with E-state index < -0.39 is 6.61 Å². The molecule has 2 aromatic rings. The van der Waals surface area contributed by atoms with Crippen LogP contribution in [0.2, 0.25) is 0 Å². The number of amides is 1. The van der Waals surface area contributed by atoms with Gasteiger partial charge in [0.25, 0.3) is 0 Å². The Hall–Kier alpha value is -2.21. The molecule has 0 aliphatic rings. The van der Waals surface area contributed by atoms with Gasteiger partial charge in [-0.3, -0.25) is 4.79 Å². The summed E-state index contributed by atoms with van der Waals surface area (Å²) >= 11 is 3.32. The molecule has 0 saturated heterocycles. The minimum absolute atomic E-state index is 0.0161. The molecular weight excluding hydrogens is 356 g/mol. The maximum absolute atomic E-state index is 12.3. The molecule has 1 amide bonds. The number of para-hydroxylation sites is 2. The number of carbonyl (C=O) groups excluding carboxylic acids is 1. The summed E-state index contributed by atoms with van der Waals surface area (Å²) in [6.07, 6.45) is 2.68. The van der Waals surface area contributed by atoms with Crippen molar-refractivity contribution in [2.45, 2.75) is 6.61 Å². The van der Waals surface area contributed by atoms with E-state index >= 15 is 0 Å². The Labute approximate surface area is 134 Å². The highest BCUT2D eigenvalue weighted by Crippen LogP contribution is 2.23. The van der Waals surface area contributed by atoms with E-state index in [1.807, 2.05) is 6.07 Å². The van der Waals surface area contributed by atoms with Gasteiger partial charge < -0.3 is 10.1 Å². The smallest absolute Gasteiger partial charge is 0.387 e. The lowest BCUT2D eigenvalue weighted by Crippen LogP contribution is -2.08. The molecule has 6 heteroatoms. The highest BCUT2D eigenvalue weighted by Gasteiger charge is 2.07. The number of rotatable bonds is 5. The number of anilines is 1. The van der Waals surface area contributed by atoms with Crippen molar-refractivity contribution >= 4 is 33.6 Å². The van der Waals surface area contributed by atoms with E-state index in [4.69, 9.17) is 0 Å². The van der Waals surface area contributed by atoms with Gasteiger partial charge in [-0.05, 0) is 40.2 Å². The molecular formula is C16H12BrF2NO2. The quantitative estimate of drug-likeness (QED) is 0.777. The highest BCUT2D eigenvalue weighted by molar-refractivity contribution is 9.10. The van der Waals surface area contributed by atoms with E-state index in [1.54, 1.807) is 36.4 Å². The summed E-state index contributed by atoms with van der Waals surface area (Å²) in [5, 5.41) is 2.68. The molecule has 0 fully saturated rings. The summed E-state index contributed by atoms with van der Waals surface area (Å²) in [5.41, 5.74) is 1.01. The number of alkyl halides is 2. The summed E-state index contributed by atoms with van der Waals surface area (Å²) < 4.78 is 29.7. The van der Waals surface area contributed by atoms with Gasteiger partial charge in [0, 0.05) is 16.1 Å². The van der Waals surface area contributed by atoms with Crippen molar-refractivity contribution in [2.24, 2.45) is 0 Å². The van der Waals surface area contributed by atoms with Gasteiger partial charge in [-0.25, -0.2) is 0 Å². The summed E-state index contributed by atoms with van der Waals surface area (Å²) in [4.78, 5) is 11.9. The van der Waals surface area contributed by atoms with Crippen LogP contribution in [0.5, 0.6) is 5.75 Å². The third-order valence-electron chi connectivity index (χ3n) is 2.68. The largest absolute Gasteiger partial charge is 0.434 e. The number of carbonyl (C=O) groups is 1. The van der Waals surface area contributed by atoms with Crippen LogP contribution in [0.15, 0.2) is 59.1 Å². The SMILES string of the molecule is O=C(/C=C/c1ccccc1OC(F)F)Nc1ccccc1Br. The van der Waals surface area contributed by atoms with Gasteiger partial charge in [-0.2, -0.15) is 8.78 Å². The van der Waals surface area contributed by atoms with Crippen LogP contribution in [-0.4, -0.2) is 12.5 Å². The first-order chi connectivity index (χ1) is 10.6. The predicted octanol–water partition coefficient (Wildman–Crippen LogP) is 4.70. The molecule has 0 aliphatic carbocycles. The lowest BCUT2D eigenvalue weighted by molar-refractivity contribution is -0.111. The molecule has 0 aliphatic heterocycles. The van der Waals surface area contributed by atoms with Crippen molar-refractivity contribution < 1.29 is 18.3 Å². The summed E-state index contributed by atoms with van der Waals surface area (Å²) in [6, 6.07) is 13.4. The second-order valence-corrected chi connectivity index (χ2v) is 5.07. The van der Waals surface area contributed by atoms with Crippen LogP contribution in [0, 0.1) is 0 Å². The molecule has 0 bridgehead atoms. The zero-order valence-electron chi connectivity index (χ0n) is 11.3. The molecule has 0 aromatic heterocycles. The molecule has 2 rings (SSSR count). The van der Waals surface area contributed by atoms with E-state index in [0.717, 1.165) is 4.47 Å². The zero-order chi connectivity index (χ0) is 15.9. The molecule has 0 atom stereocenters. The first-order valence-corrected chi connectivity index (χ1v) is 7.13. The molecule has 0 spiro atoms. The van der Waals surface area contributed by atoms with E-state index in [2.05, 4.69) is 26.0 Å². The second-order valence-electron chi connectivity index (χ2n) is 4.22. The normalized spacial score (nSPS) is 10.9. The van der Waals surface area contributed by atoms with Gasteiger partial charge in [-0.15, -0.1) is 0 Å². The predicted molar refractivity (Wildman–Crippen MR) is 84.9 cm³/mol. The van der Waals surface area contributed by atoms with Gasteiger partial charge in [0.15, 0.2) is 0 Å². The first-order valence-electron chi connectivity index (χ1n) is 6.33. The summed E-state index contributed by atoms with van der Waals surface area (Å²) in [5.74, 6) is -0.360. The number of nitrogens with one attached hydrogen (secondary N) is 1. The fourth-order valence-corrected chi connectivity index (χ4v) is 2.11. The molecule has 2 aromatic carbocycles. The van der Waals surface area contributed by atoms with Crippen molar-refractivity contribution in [3.05, 3.63) is 64.6 Å². The molecule has 22 heavy (non-hydrogen) atoms. The number of hydrogen-bond acceptors (Lipinski definition) is 2. The number of benzene rings is 2. The molecule has 1 N–H and O–H groups in total. The number of hydrogen-bond donors (Lipinski definition) is 1. The second kappa shape index (κ2) is 7.70. The summed E-state index contributed by atoms with van der Waals surface area (Å²) in [7, 11) is 0. The third kappa shape index (κ3) is 4.66. The van der Waals surface area contributed by atoms with Gasteiger partial charge in [0.05, 0.1) is 5.69 Å². The Bertz CT molecular complexity index is 689. The van der Waals surface area contributed by atoms with Crippen molar-refractivity contribution in [2.75, 3.05) is 5.32 Å². The van der Waals surface area contributed by atoms with Crippen LogP contribution in [0.25, 0.3) is 6.08 Å². The van der Waals surface area contributed by atoms with Crippen molar-refractivity contribution in [1.82, 2.24) is 0 Å². The molecule has 0 radical (unpaired) electrons. The van der Waals surface area contributed by atoms with E-state index in [0.29, 0.717) is 11.3 Å². The fourth-order valence-electron chi connectivity index (χ4n) is 1.72. The van der Waals surface area contributed by atoms with Gasteiger partial charge >= 0.3 is 6.61 Å². The van der Waals surface area contributed by atoms with Crippen molar-refractivity contribution in [3.63, 3.8) is 0 Å². The minimum atomic E-state index is -2.91. The Morgan fingerprint density at radius 3 is 2.55 bits per heavy atom. The molecule has 0 heterocycles. The zero-order valence-corrected chi connectivity index (χ0v) is 12.9. The number of halogens is 3. The Morgan fingerprint density at radius 2 is 1.82 bits per heavy atom. The maximum atomic E-state index is 12.3. The van der Waals surface area contributed by atoms with Crippen LogP contribution in [0.3, 0.4) is 0 Å². The van der Waals surface area contributed by atoms with Crippen molar-refractivity contribution in [1.29, 1.82) is 0 Å². The molecule has 0 saturated carbocycles. The van der Waals surface area contributed by atoms with E-state index in [1.165, 1.54) is 18.2 Å². The van der Waals surface area contributed by atoms with Crippen LogP contribution in [0.1, 0.15) is 5.56 Å². The van der Waals surface area contributed by atoms with Crippen LogP contribution in [0.4, 0.5) is 14.5 Å². The maximum Gasteiger partial charge on any atom is 0.387 e.